The average molecular weight is 343 g/mol. The standard InChI is InChI=1S/C17H20F3NO3/c1-2-3-11-24-16(23)14-9-6-10-21(14)15(22)12-7-4-5-8-13(12)17(18,19)20/h4-5,7-8,14H,2-3,6,9-11H2,1H3. The van der Waals surface area contributed by atoms with E-state index in [0.29, 0.717) is 19.3 Å². The van der Waals surface area contributed by atoms with E-state index in [1.54, 1.807) is 0 Å². The lowest BCUT2D eigenvalue weighted by Gasteiger charge is -2.24. The van der Waals surface area contributed by atoms with Crippen molar-refractivity contribution in [3.8, 4) is 0 Å². The lowest BCUT2D eigenvalue weighted by molar-refractivity contribution is -0.148. The Morgan fingerprint density at radius 1 is 1.29 bits per heavy atom. The molecule has 0 spiro atoms. The van der Waals surface area contributed by atoms with Crippen LogP contribution >= 0.6 is 0 Å². The summed E-state index contributed by atoms with van der Waals surface area (Å²) in [6.07, 6.45) is -2.08. The second-order valence-corrected chi connectivity index (χ2v) is 5.72. The topological polar surface area (TPSA) is 46.6 Å². The van der Waals surface area contributed by atoms with E-state index in [0.717, 1.165) is 18.6 Å². The lowest BCUT2D eigenvalue weighted by Crippen LogP contribution is -2.42. The van der Waals surface area contributed by atoms with E-state index in [9.17, 15) is 22.8 Å². The number of unbranched alkanes of at least 4 members (excludes halogenated alkanes) is 1. The van der Waals surface area contributed by atoms with Crippen LogP contribution in [-0.2, 0) is 15.7 Å². The van der Waals surface area contributed by atoms with Gasteiger partial charge in [-0.1, -0.05) is 25.5 Å². The smallest absolute Gasteiger partial charge is 0.417 e. The van der Waals surface area contributed by atoms with E-state index < -0.39 is 35.2 Å². The molecular weight excluding hydrogens is 323 g/mol. The van der Waals surface area contributed by atoms with E-state index >= 15 is 0 Å². The van der Waals surface area contributed by atoms with Crippen LogP contribution in [0.3, 0.4) is 0 Å². The highest BCUT2D eigenvalue weighted by molar-refractivity contribution is 5.98. The van der Waals surface area contributed by atoms with Gasteiger partial charge in [-0.15, -0.1) is 0 Å². The van der Waals surface area contributed by atoms with Crippen molar-refractivity contribution in [3.63, 3.8) is 0 Å². The summed E-state index contributed by atoms with van der Waals surface area (Å²) in [5.74, 6) is -1.32. The number of alkyl halides is 3. The Morgan fingerprint density at radius 3 is 2.67 bits per heavy atom. The van der Waals surface area contributed by atoms with Gasteiger partial charge in [-0.3, -0.25) is 4.79 Å². The maximum atomic E-state index is 13.1. The Bertz CT molecular complexity index is 601. The summed E-state index contributed by atoms with van der Waals surface area (Å²) in [7, 11) is 0. The molecule has 1 fully saturated rings. The monoisotopic (exact) mass is 343 g/mol. The molecule has 1 unspecified atom stereocenters. The van der Waals surface area contributed by atoms with Crippen LogP contribution in [0.1, 0.15) is 48.5 Å². The highest BCUT2D eigenvalue weighted by Gasteiger charge is 2.40. The third-order valence-corrected chi connectivity index (χ3v) is 3.99. The molecule has 0 saturated carbocycles. The van der Waals surface area contributed by atoms with E-state index in [1.165, 1.54) is 17.0 Å². The predicted octanol–water partition coefficient (Wildman–Crippen LogP) is 3.65. The first kappa shape index (κ1) is 18.3. The Kier molecular flexibility index (Phi) is 5.85. The normalized spacial score (nSPS) is 17.8. The molecule has 0 aromatic heterocycles. The SMILES string of the molecule is CCCCOC(=O)C1CCCN1C(=O)c1ccccc1C(F)(F)F. The third-order valence-electron chi connectivity index (χ3n) is 3.99. The summed E-state index contributed by atoms with van der Waals surface area (Å²) < 4.78 is 44.4. The zero-order chi connectivity index (χ0) is 17.7. The number of ether oxygens (including phenoxy) is 1. The first-order chi connectivity index (χ1) is 11.4. The van der Waals surface area contributed by atoms with Crippen LogP contribution in [0.4, 0.5) is 13.2 Å². The van der Waals surface area contributed by atoms with Crippen molar-refractivity contribution in [2.45, 2.75) is 44.8 Å². The number of amides is 1. The number of likely N-dealkylation sites (tertiary alicyclic amines) is 1. The number of nitrogens with zero attached hydrogens (tertiary/aromatic N) is 1. The Balaban J connectivity index is 2.18. The molecule has 1 heterocycles. The van der Waals surface area contributed by atoms with Gasteiger partial charge in [0.1, 0.15) is 6.04 Å². The van der Waals surface area contributed by atoms with Crippen LogP contribution in [0.2, 0.25) is 0 Å². The number of benzene rings is 1. The van der Waals surface area contributed by atoms with Gasteiger partial charge in [0.25, 0.3) is 5.91 Å². The van der Waals surface area contributed by atoms with Crippen LogP contribution in [0, 0.1) is 0 Å². The van der Waals surface area contributed by atoms with Gasteiger partial charge in [0, 0.05) is 6.54 Å². The zero-order valence-corrected chi connectivity index (χ0v) is 13.4. The Morgan fingerprint density at radius 2 is 2.00 bits per heavy atom. The molecule has 132 valence electrons. The van der Waals surface area contributed by atoms with Crippen LogP contribution < -0.4 is 0 Å². The summed E-state index contributed by atoms with van der Waals surface area (Å²) in [5.41, 5.74) is -1.42. The molecule has 1 saturated heterocycles. The zero-order valence-electron chi connectivity index (χ0n) is 13.4. The second-order valence-electron chi connectivity index (χ2n) is 5.72. The minimum atomic E-state index is -4.62. The molecule has 2 rings (SSSR count). The molecule has 7 heteroatoms. The molecule has 1 aromatic carbocycles. The van der Waals surface area contributed by atoms with Gasteiger partial charge < -0.3 is 9.64 Å². The molecule has 0 N–H and O–H groups in total. The lowest BCUT2D eigenvalue weighted by atomic mass is 10.1. The van der Waals surface area contributed by atoms with Crippen molar-refractivity contribution in [2.24, 2.45) is 0 Å². The fourth-order valence-corrected chi connectivity index (χ4v) is 2.74. The largest absolute Gasteiger partial charge is 0.464 e. The van der Waals surface area contributed by atoms with Crippen molar-refractivity contribution >= 4 is 11.9 Å². The number of carbonyl (C=O) groups excluding carboxylic acids is 2. The highest BCUT2D eigenvalue weighted by atomic mass is 19.4. The highest BCUT2D eigenvalue weighted by Crippen LogP contribution is 2.33. The quantitative estimate of drug-likeness (QED) is 0.606. The molecule has 1 aliphatic rings. The van der Waals surface area contributed by atoms with Gasteiger partial charge in [-0.25, -0.2) is 4.79 Å². The van der Waals surface area contributed by atoms with Crippen molar-refractivity contribution in [2.75, 3.05) is 13.2 Å². The number of esters is 1. The van der Waals surface area contributed by atoms with E-state index in [2.05, 4.69) is 0 Å². The van der Waals surface area contributed by atoms with Crippen LogP contribution in [-0.4, -0.2) is 36.0 Å². The molecule has 24 heavy (non-hydrogen) atoms. The summed E-state index contributed by atoms with van der Waals surface area (Å²) in [6, 6.07) is 3.82. The first-order valence-electron chi connectivity index (χ1n) is 8.00. The predicted molar refractivity (Wildman–Crippen MR) is 81.4 cm³/mol. The van der Waals surface area contributed by atoms with Gasteiger partial charge in [0.2, 0.25) is 0 Å². The van der Waals surface area contributed by atoms with Crippen molar-refractivity contribution in [3.05, 3.63) is 35.4 Å². The van der Waals surface area contributed by atoms with Crippen molar-refractivity contribution in [1.29, 1.82) is 0 Å². The number of rotatable bonds is 5. The minimum absolute atomic E-state index is 0.249. The van der Waals surface area contributed by atoms with Gasteiger partial charge in [-0.05, 0) is 31.4 Å². The van der Waals surface area contributed by atoms with E-state index in [1.807, 2.05) is 6.92 Å². The molecule has 4 nitrogen and oxygen atoms in total. The second kappa shape index (κ2) is 7.68. The van der Waals surface area contributed by atoms with Crippen LogP contribution in [0.5, 0.6) is 0 Å². The molecule has 0 aliphatic carbocycles. The summed E-state index contributed by atoms with van der Waals surface area (Å²) in [4.78, 5) is 25.9. The average Bonchev–Trinajstić information content (AvgIpc) is 3.03. The fourth-order valence-electron chi connectivity index (χ4n) is 2.74. The third kappa shape index (κ3) is 4.07. The van der Waals surface area contributed by atoms with Crippen molar-refractivity contribution in [1.82, 2.24) is 4.90 Å². The van der Waals surface area contributed by atoms with E-state index in [4.69, 9.17) is 4.74 Å². The number of hydrogen-bond donors (Lipinski definition) is 0. The molecule has 1 amide bonds. The maximum absolute atomic E-state index is 13.1. The van der Waals surface area contributed by atoms with Gasteiger partial charge in [0.15, 0.2) is 0 Å². The van der Waals surface area contributed by atoms with Gasteiger partial charge in [-0.2, -0.15) is 13.2 Å². The molecule has 1 aromatic rings. The van der Waals surface area contributed by atoms with Gasteiger partial charge >= 0.3 is 12.1 Å². The summed E-state index contributed by atoms with van der Waals surface area (Å²) in [6.45, 7) is 2.46. The first-order valence-corrected chi connectivity index (χ1v) is 8.00. The molecule has 0 bridgehead atoms. The molecule has 0 radical (unpaired) electrons. The van der Waals surface area contributed by atoms with Crippen LogP contribution in [0.25, 0.3) is 0 Å². The Labute approximate surface area is 138 Å². The van der Waals surface area contributed by atoms with Crippen LogP contribution in [0.15, 0.2) is 24.3 Å². The molecule has 1 atom stereocenters. The Hall–Kier alpha value is -2.05. The molecule has 1 aliphatic heterocycles. The fraction of sp³-hybridized carbons (Fsp3) is 0.529. The number of carbonyl (C=O) groups is 2. The van der Waals surface area contributed by atoms with E-state index in [-0.39, 0.29) is 13.2 Å². The number of hydrogen-bond acceptors (Lipinski definition) is 3. The number of halogens is 3. The molecular formula is C17H20F3NO3. The van der Waals surface area contributed by atoms with Gasteiger partial charge in [0.05, 0.1) is 17.7 Å². The summed E-state index contributed by atoms with van der Waals surface area (Å²) in [5, 5.41) is 0. The minimum Gasteiger partial charge on any atom is -0.464 e. The van der Waals surface area contributed by atoms with Crippen molar-refractivity contribution < 1.29 is 27.5 Å². The maximum Gasteiger partial charge on any atom is 0.417 e. The summed E-state index contributed by atoms with van der Waals surface area (Å²) >= 11 is 0.